The molecular weight excluding hydrogens is 324 g/mol. The van der Waals surface area contributed by atoms with Gasteiger partial charge in [0, 0.05) is 23.0 Å². The fraction of sp³-hybridized carbons (Fsp3) is 0.333. The third kappa shape index (κ3) is 3.48. The second-order valence-corrected chi connectivity index (χ2v) is 6.98. The van der Waals surface area contributed by atoms with E-state index < -0.39 is 0 Å². The highest BCUT2D eigenvalue weighted by Crippen LogP contribution is 2.18. The molecule has 1 atom stereocenters. The van der Waals surface area contributed by atoms with Crippen LogP contribution in [0.2, 0.25) is 0 Å². The summed E-state index contributed by atoms with van der Waals surface area (Å²) in [4.78, 5) is 17.3. The highest BCUT2D eigenvalue weighted by Gasteiger charge is 2.24. The van der Waals surface area contributed by atoms with Gasteiger partial charge in [-0.25, -0.2) is 9.67 Å². The minimum atomic E-state index is 0.0349. The van der Waals surface area contributed by atoms with E-state index in [9.17, 15) is 4.79 Å². The summed E-state index contributed by atoms with van der Waals surface area (Å²) < 4.78 is 1.59. The molecule has 26 heavy (non-hydrogen) atoms. The lowest BCUT2D eigenvalue weighted by Gasteiger charge is -2.22. The maximum Gasteiger partial charge on any atom is 0.276 e. The molecule has 0 radical (unpaired) electrons. The molecule has 0 fully saturated rings. The number of benzene rings is 1. The average molecular weight is 348 g/mol. The molecule has 1 unspecified atom stereocenters. The molecule has 2 N–H and O–H groups in total. The lowest BCUT2D eigenvalue weighted by Crippen LogP contribution is -2.37. The minimum Gasteiger partial charge on any atom is -0.313 e. The maximum atomic E-state index is 12.8. The first-order chi connectivity index (χ1) is 12.7. The van der Waals surface area contributed by atoms with Crippen molar-refractivity contribution < 1.29 is 0 Å². The molecular formula is C21H24N4O. The third-order valence-corrected chi connectivity index (χ3v) is 5.06. The lowest BCUT2D eigenvalue weighted by molar-refractivity contribution is 0.458. The average Bonchev–Trinajstić information content (AvgIpc) is 2.99. The quantitative estimate of drug-likeness (QED) is 0.745. The Kier molecular flexibility index (Phi) is 4.71. The topological polar surface area (TPSA) is 62.7 Å². The highest BCUT2D eigenvalue weighted by molar-refractivity contribution is 5.30. The van der Waals surface area contributed by atoms with Crippen LogP contribution in [-0.4, -0.2) is 27.4 Å². The number of hydrogen-bond acceptors (Lipinski definition) is 3. The highest BCUT2D eigenvalue weighted by atomic mass is 16.1. The van der Waals surface area contributed by atoms with Crippen LogP contribution in [0.1, 0.15) is 28.9 Å². The van der Waals surface area contributed by atoms with Crippen molar-refractivity contribution in [2.75, 3.05) is 6.54 Å². The molecule has 2 heterocycles. The molecule has 5 nitrogen and oxygen atoms in total. The molecule has 134 valence electrons. The Morgan fingerprint density at radius 2 is 2.04 bits per heavy atom. The van der Waals surface area contributed by atoms with E-state index in [4.69, 9.17) is 0 Å². The van der Waals surface area contributed by atoms with Crippen molar-refractivity contribution in [2.45, 2.75) is 38.6 Å². The Hall–Kier alpha value is -2.66. The van der Waals surface area contributed by atoms with Crippen LogP contribution in [0.25, 0.3) is 5.82 Å². The summed E-state index contributed by atoms with van der Waals surface area (Å²) in [5, 5.41) is 6.88. The molecule has 0 spiro atoms. The smallest absolute Gasteiger partial charge is 0.276 e. The molecule has 0 saturated heterocycles. The van der Waals surface area contributed by atoms with E-state index in [-0.39, 0.29) is 5.56 Å². The lowest BCUT2D eigenvalue weighted by atomic mass is 9.93. The standard InChI is InChI=1S/C21H24N4O/c1-15-6-5-9-20(23-15)25-21(26)18-14-17(10-11-19(18)24-25)22-13-12-16-7-3-2-4-8-16/h2-9,17,22,24H,10-14H2,1H3. The number of H-pyrrole nitrogens is 1. The zero-order valence-corrected chi connectivity index (χ0v) is 15.0. The zero-order chi connectivity index (χ0) is 17.9. The van der Waals surface area contributed by atoms with E-state index in [0.717, 1.165) is 49.2 Å². The van der Waals surface area contributed by atoms with Crippen LogP contribution in [0.3, 0.4) is 0 Å². The van der Waals surface area contributed by atoms with Gasteiger partial charge < -0.3 is 5.32 Å². The maximum absolute atomic E-state index is 12.8. The van der Waals surface area contributed by atoms with Gasteiger partial charge in [-0.2, -0.15) is 0 Å². The van der Waals surface area contributed by atoms with E-state index in [2.05, 4.69) is 39.7 Å². The summed E-state index contributed by atoms with van der Waals surface area (Å²) in [5.74, 6) is 0.665. The van der Waals surface area contributed by atoms with Gasteiger partial charge in [0.25, 0.3) is 5.56 Å². The largest absolute Gasteiger partial charge is 0.313 e. The number of aromatic nitrogens is 3. The van der Waals surface area contributed by atoms with E-state index in [0.29, 0.717) is 11.9 Å². The predicted octanol–water partition coefficient (Wildman–Crippen LogP) is 2.56. The molecule has 0 saturated carbocycles. The van der Waals surface area contributed by atoms with Crippen molar-refractivity contribution in [3.05, 3.63) is 81.4 Å². The summed E-state index contributed by atoms with van der Waals surface area (Å²) in [6.07, 6.45) is 3.72. The molecule has 2 aromatic heterocycles. The van der Waals surface area contributed by atoms with Crippen LogP contribution in [0, 0.1) is 6.92 Å². The number of nitrogens with zero attached hydrogens (tertiary/aromatic N) is 2. The molecule has 1 aliphatic carbocycles. The van der Waals surface area contributed by atoms with E-state index in [1.165, 1.54) is 5.56 Å². The molecule has 1 aliphatic rings. The molecule has 0 amide bonds. The van der Waals surface area contributed by atoms with Gasteiger partial charge in [-0.15, -0.1) is 0 Å². The molecule has 5 heteroatoms. The van der Waals surface area contributed by atoms with Gasteiger partial charge in [-0.05, 0) is 56.8 Å². The van der Waals surface area contributed by atoms with Crippen molar-refractivity contribution in [1.29, 1.82) is 0 Å². The summed E-state index contributed by atoms with van der Waals surface area (Å²) in [7, 11) is 0. The van der Waals surface area contributed by atoms with Gasteiger partial charge in [-0.3, -0.25) is 9.89 Å². The first-order valence-corrected chi connectivity index (χ1v) is 9.25. The number of rotatable bonds is 5. The number of aryl methyl sites for hydroxylation is 2. The summed E-state index contributed by atoms with van der Waals surface area (Å²) in [5.41, 5.74) is 4.23. The van der Waals surface area contributed by atoms with Gasteiger partial charge in [0.2, 0.25) is 0 Å². The van der Waals surface area contributed by atoms with Crippen molar-refractivity contribution >= 4 is 0 Å². The molecule has 1 aromatic carbocycles. The van der Waals surface area contributed by atoms with Crippen LogP contribution in [0.4, 0.5) is 0 Å². The van der Waals surface area contributed by atoms with Crippen LogP contribution in [0.5, 0.6) is 0 Å². The van der Waals surface area contributed by atoms with Crippen molar-refractivity contribution in [3.8, 4) is 5.82 Å². The van der Waals surface area contributed by atoms with E-state index in [1.54, 1.807) is 4.68 Å². The second kappa shape index (κ2) is 7.30. The third-order valence-electron chi connectivity index (χ3n) is 5.06. The molecule has 4 rings (SSSR count). The Balaban J connectivity index is 1.44. The minimum absolute atomic E-state index is 0.0349. The number of nitrogens with one attached hydrogen (secondary N) is 2. The van der Waals surface area contributed by atoms with Crippen molar-refractivity contribution in [1.82, 2.24) is 20.1 Å². The first kappa shape index (κ1) is 16.8. The predicted molar refractivity (Wildman–Crippen MR) is 103 cm³/mol. The van der Waals surface area contributed by atoms with Crippen molar-refractivity contribution in [3.63, 3.8) is 0 Å². The fourth-order valence-corrected chi connectivity index (χ4v) is 3.66. The normalized spacial score (nSPS) is 16.4. The van der Waals surface area contributed by atoms with Crippen LogP contribution >= 0.6 is 0 Å². The Morgan fingerprint density at radius 3 is 2.85 bits per heavy atom. The Labute approximate surface area is 153 Å². The van der Waals surface area contributed by atoms with E-state index in [1.807, 2.05) is 31.2 Å². The molecule has 3 aromatic rings. The number of hydrogen-bond donors (Lipinski definition) is 2. The second-order valence-electron chi connectivity index (χ2n) is 6.98. The molecule has 0 aliphatic heterocycles. The van der Waals surface area contributed by atoms with Crippen LogP contribution < -0.4 is 10.9 Å². The summed E-state index contributed by atoms with van der Waals surface area (Å²) in [6.45, 7) is 2.87. The summed E-state index contributed by atoms with van der Waals surface area (Å²) >= 11 is 0. The fourth-order valence-electron chi connectivity index (χ4n) is 3.66. The molecule has 0 bridgehead atoms. The summed E-state index contributed by atoms with van der Waals surface area (Å²) in [6, 6.07) is 16.6. The first-order valence-electron chi connectivity index (χ1n) is 9.25. The van der Waals surface area contributed by atoms with Crippen molar-refractivity contribution in [2.24, 2.45) is 0 Å². The van der Waals surface area contributed by atoms with Gasteiger partial charge in [-0.1, -0.05) is 36.4 Å². The van der Waals surface area contributed by atoms with E-state index >= 15 is 0 Å². The number of fused-ring (bicyclic) bond motifs is 1. The number of pyridine rings is 1. The Bertz CT molecular complexity index is 942. The zero-order valence-electron chi connectivity index (χ0n) is 15.0. The number of aromatic amines is 1. The van der Waals surface area contributed by atoms with Gasteiger partial charge in [0.05, 0.1) is 0 Å². The Morgan fingerprint density at radius 1 is 1.19 bits per heavy atom. The van der Waals surface area contributed by atoms with Gasteiger partial charge in [0.15, 0.2) is 5.82 Å². The SMILES string of the molecule is Cc1cccc(-n2[nH]c3c(c2=O)CC(NCCc2ccccc2)CC3)n1. The van der Waals surface area contributed by atoms with Crippen LogP contribution in [0.15, 0.2) is 53.3 Å². The van der Waals surface area contributed by atoms with Gasteiger partial charge in [0.1, 0.15) is 0 Å². The monoisotopic (exact) mass is 348 g/mol. The van der Waals surface area contributed by atoms with Crippen LogP contribution in [-0.2, 0) is 19.3 Å². The van der Waals surface area contributed by atoms with Gasteiger partial charge >= 0.3 is 0 Å².